The summed E-state index contributed by atoms with van der Waals surface area (Å²) in [6.45, 7) is 6.79. The van der Waals surface area contributed by atoms with Crippen LogP contribution in [0.5, 0.6) is 0 Å². The number of aromatic amines is 1. The minimum absolute atomic E-state index is 0.0584. The van der Waals surface area contributed by atoms with Crippen molar-refractivity contribution in [2.75, 3.05) is 31.6 Å². The quantitative estimate of drug-likeness (QED) is 0.839. The molecule has 0 aliphatic carbocycles. The Labute approximate surface area is 108 Å². The zero-order valence-corrected chi connectivity index (χ0v) is 11.4. The molecule has 0 amide bonds. The topological polar surface area (TPSA) is 80.1 Å². The van der Waals surface area contributed by atoms with Crippen molar-refractivity contribution in [2.24, 2.45) is 11.1 Å². The predicted molar refractivity (Wildman–Crippen MR) is 70.4 cm³/mol. The Balaban J connectivity index is 2.09. The fourth-order valence-electron chi connectivity index (χ4n) is 2.35. The molecule has 1 fully saturated rings. The fraction of sp³-hybridized carbons (Fsp3) is 0.833. The molecule has 1 aliphatic rings. The number of nitrogens with one attached hydrogen (secondary N) is 1. The van der Waals surface area contributed by atoms with Crippen molar-refractivity contribution in [1.29, 1.82) is 0 Å². The van der Waals surface area contributed by atoms with Gasteiger partial charge >= 0.3 is 0 Å². The van der Waals surface area contributed by atoms with Gasteiger partial charge in [-0.05, 0) is 31.7 Å². The number of nitrogens with two attached hydrogens (primary N) is 1. The summed E-state index contributed by atoms with van der Waals surface area (Å²) in [7, 11) is 1.67. The zero-order chi connectivity index (χ0) is 13.2. The number of hydrogen-bond donors (Lipinski definition) is 2. The van der Waals surface area contributed by atoms with Gasteiger partial charge < -0.3 is 15.4 Å². The average Bonchev–Trinajstić information content (AvgIpc) is 2.87. The van der Waals surface area contributed by atoms with Crippen LogP contribution >= 0.6 is 0 Å². The summed E-state index contributed by atoms with van der Waals surface area (Å²) in [4.78, 5) is 6.71. The Morgan fingerprint density at radius 3 is 3.06 bits per heavy atom. The van der Waals surface area contributed by atoms with Gasteiger partial charge in [0.05, 0.1) is 0 Å². The van der Waals surface area contributed by atoms with Crippen molar-refractivity contribution in [2.45, 2.75) is 32.8 Å². The number of rotatable bonds is 4. The molecular formula is C12H23N5O. The van der Waals surface area contributed by atoms with Crippen LogP contribution in [-0.4, -0.2) is 41.9 Å². The second-order valence-electron chi connectivity index (χ2n) is 5.44. The molecule has 1 saturated heterocycles. The molecule has 6 heteroatoms. The monoisotopic (exact) mass is 253 g/mol. The highest BCUT2D eigenvalue weighted by molar-refractivity contribution is 5.30. The van der Waals surface area contributed by atoms with E-state index in [4.69, 9.17) is 10.5 Å². The van der Waals surface area contributed by atoms with E-state index in [1.807, 2.05) is 6.92 Å². The van der Waals surface area contributed by atoms with Gasteiger partial charge in [0.1, 0.15) is 6.10 Å². The molecule has 2 unspecified atom stereocenters. The Hall–Kier alpha value is -1.14. The van der Waals surface area contributed by atoms with E-state index in [1.54, 1.807) is 7.11 Å². The number of ether oxygens (including phenoxy) is 1. The third-order valence-electron chi connectivity index (χ3n) is 3.79. The third kappa shape index (κ3) is 2.64. The summed E-state index contributed by atoms with van der Waals surface area (Å²) in [6.07, 6.45) is 2.25. The second kappa shape index (κ2) is 5.24. The number of hydrogen-bond acceptors (Lipinski definition) is 5. The molecule has 0 aromatic carbocycles. The van der Waals surface area contributed by atoms with Gasteiger partial charge in [0.2, 0.25) is 5.95 Å². The van der Waals surface area contributed by atoms with Gasteiger partial charge in [-0.15, -0.1) is 5.10 Å². The van der Waals surface area contributed by atoms with Crippen molar-refractivity contribution in [3.63, 3.8) is 0 Å². The van der Waals surface area contributed by atoms with Gasteiger partial charge in [-0.1, -0.05) is 6.92 Å². The Kier molecular flexibility index (Phi) is 3.87. The lowest BCUT2D eigenvalue weighted by molar-refractivity contribution is 0.112. The molecule has 6 nitrogen and oxygen atoms in total. The molecule has 3 N–H and O–H groups in total. The summed E-state index contributed by atoms with van der Waals surface area (Å²) in [6, 6.07) is 0. The fourth-order valence-corrected chi connectivity index (χ4v) is 2.35. The Morgan fingerprint density at radius 2 is 2.39 bits per heavy atom. The number of H-pyrrole nitrogens is 1. The molecule has 102 valence electrons. The molecule has 0 saturated carbocycles. The summed E-state index contributed by atoms with van der Waals surface area (Å²) in [5.41, 5.74) is 6.03. The van der Waals surface area contributed by atoms with Crippen LogP contribution < -0.4 is 10.6 Å². The summed E-state index contributed by atoms with van der Waals surface area (Å²) < 4.78 is 5.23. The Morgan fingerprint density at radius 1 is 1.61 bits per heavy atom. The van der Waals surface area contributed by atoms with Crippen LogP contribution in [-0.2, 0) is 4.74 Å². The van der Waals surface area contributed by atoms with Crippen LogP contribution in [0.4, 0.5) is 5.95 Å². The maximum absolute atomic E-state index is 5.86. The lowest BCUT2D eigenvalue weighted by Gasteiger charge is -2.39. The normalized spacial score (nSPS) is 26.3. The first kappa shape index (κ1) is 13.3. The number of aromatic nitrogens is 3. The summed E-state index contributed by atoms with van der Waals surface area (Å²) in [5, 5.41) is 7.22. The van der Waals surface area contributed by atoms with E-state index in [0.29, 0.717) is 6.54 Å². The lowest BCUT2D eigenvalue weighted by atomic mass is 9.82. The van der Waals surface area contributed by atoms with Crippen LogP contribution in [0.15, 0.2) is 0 Å². The van der Waals surface area contributed by atoms with Gasteiger partial charge in [-0.2, -0.15) is 4.98 Å². The third-order valence-corrected chi connectivity index (χ3v) is 3.79. The molecule has 1 aromatic rings. The average molecular weight is 253 g/mol. The smallest absolute Gasteiger partial charge is 0.244 e. The van der Waals surface area contributed by atoms with E-state index in [9.17, 15) is 0 Å². The number of piperidine rings is 1. The SMILES string of the molecule is COC(C)c1nc(N2CCCC(C)(CN)C2)n[nH]1. The highest BCUT2D eigenvalue weighted by atomic mass is 16.5. The number of anilines is 1. The highest BCUT2D eigenvalue weighted by Crippen LogP contribution is 2.30. The predicted octanol–water partition coefficient (Wildman–Crippen LogP) is 1.08. The largest absolute Gasteiger partial charge is 0.374 e. The minimum Gasteiger partial charge on any atom is -0.374 e. The standard InChI is InChI=1S/C12H23N5O/c1-9(18-3)10-14-11(16-15-10)17-6-4-5-12(2,7-13)8-17/h9H,4-8,13H2,1-3H3,(H,14,15,16). The van der Waals surface area contributed by atoms with E-state index < -0.39 is 0 Å². The van der Waals surface area contributed by atoms with Crippen molar-refractivity contribution in [3.8, 4) is 0 Å². The number of nitrogens with zero attached hydrogens (tertiary/aromatic N) is 3. The molecule has 2 heterocycles. The van der Waals surface area contributed by atoms with E-state index in [1.165, 1.54) is 6.42 Å². The Bertz CT molecular complexity index is 394. The first-order valence-electron chi connectivity index (χ1n) is 6.48. The summed E-state index contributed by atoms with van der Waals surface area (Å²) >= 11 is 0. The molecule has 2 rings (SSSR count). The second-order valence-corrected chi connectivity index (χ2v) is 5.44. The van der Waals surface area contributed by atoms with Crippen molar-refractivity contribution < 1.29 is 4.74 Å². The molecule has 2 atom stereocenters. The van der Waals surface area contributed by atoms with Gasteiger partial charge in [0.25, 0.3) is 0 Å². The summed E-state index contributed by atoms with van der Waals surface area (Å²) in [5.74, 6) is 1.53. The van der Waals surface area contributed by atoms with Gasteiger partial charge in [0, 0.05) is 20.2 Å². The van der Waals surface area contributed by atoms with Crippen molar-refractivity contribution in [1.82, 2.24) is 15.2 Å². The number of methoxy groups -OCH3 is 1. The van der Waals surface area contributed by atoms with E-state index >= 15 is 0 Å². The van der Waals surface area contributed by atoms with Crippen molar-refractivity contribution in [3.05, 3.63) is 5.82 Å². The molecular weight excluding hydrogens is 230 g/mol. The molecule has 1 aliphatic heterocycles. The van der Waals surface area contributed by atoms with Gasteiger partial charge in [-0.3, -0.25) is 5.10 Å². The van der Waals surface area contributed by atoms with Crippen molar-refractivity contribution >= 4 is 5.95 Å². The van der Waals surface area contributed by atoms with Crippen LogP contribution in [0.2, 0.25) is 0 Å². The molecule has 0 spiro atoms. The molecule has 18 heavy (non-hydrogen) atoms. The van der Waals surface area contributed by atoms with E-state index in [-0.39, 0.29) is 11.5 Å². The zero-order valence-electron chi connectivity index (χ0n) is 11.4. The first-order valence-corrected chi connectivity index (χ1v) is 6.48. The van der Waals surface area contributed by atoms with E-state index in [0.717, 1.165) is 31.3 Å². The lowest BCUT2D eigenvalue weighted by Crippen LogP contribution is -2.46. The molecule has 0 bridgehead atoms. The first-order chi connectivity index (χ1) is 8.58. The maximum Gasteiger partial charge on any atom is 0.244 e. The molecule has 0 radical (unpaired) electrons. The maximum atomic E-state index is 5.86. The highest BCUT2D eigenvalue weighted by Gasteiger charge is 2.31. The van der Waals surface area contributed by atoms with E-state index in [2.05, 4.69) is 27.0 Å². The van der Waals surface area contributed by atoms with Gasteiger partial charge in [-0.25, -0.2) is 0 Å². The van der Waals surface area contributed by atoms with Crippen LogP contribution in [0.3, 0.4) is 0 Å². The van der Waals surface area contributed by atoms with Crippen LogP contribution in [0, 0.1) is 5.41 Å². The van der Waals surface area contributed by atoms with Crippen LogP contribution in [0.25, 0.3) is 0 Å². The van der Waals surface area contributed by atoms with Gasteiger partial charge in [0.15, 0.2) is 5.82 Å². The minimum atomic E-state index is -0.0584. The van der Waals surface area contributed by atoms with Crippen LogP contribution in [0.1, 0.15) is 38.6 Å². The molecule has 1 aromatic heterocycles.